The van der Waals surface area contributed by atoms with Crippen LogP contribution in [0.25, 0.3) is 0 Å². The lowest BCUT2D eigenvalue weighted by Gasteiger charge is -2.12. The summed E-state index contributed by atoms with van der Waals surface area (Å²) in [5.74, 6) is 1.08. The third kappa shape index (κ3) is 4.28. The number of ether oxygens (including phenoxy) is 3. The monoisotopic (exact) mass is 347 g/mol. The van der Waals surface area contributed by atoms with E-state index < -0.39 is 11.0 Å². The molecule has 0 bridgehead atoms. The van der Waals surface area contributed by atoms with Crippen molar-refractivity contribution < 1.29 is 23.9 Å². The van der Waals surface area contributed by atoms with Crippen LogP contribution in [0.2, 0.25) is 0 Å². The number of nitro groups is 1. The molecule has 0 unspecified atom stereocenters. The van der Waals surface area contributed by atoms with E-state index in [0.717, 1.165) is 0 Å². The van der Waals surface area contributed by atoms with Gasteiger partial charge in [0, 0.05) is 17.8 Å². The number of methoxy groups -OCH3 is 3. The zero-order valence-corrected chi connectivity index (χ0v) is 13.9. The predicted octanol–water partition coefficient (Wildman–Crippen LogP) is 3.26. The Kier molecular flexibility index (Phi) is 5.62. The summed E-state index contributed by atoms with van der Waals surface area (Å²) < 4.78 is 15.2. The Balaban J connectivity index is 2.18. The number of benzene rings is 2. The standard InChI is InChI=1S/C16H17N3O6/c1-23-11-5-7-14(24-2)12(9-11)18-16(20)17-10-4-6-15(25-3)13(8-10)19(21)22/h4-9H,1-3H3,(H2,17,18,20). The fourth-order valence-corrected chi connectivity index (χ4v) is 2.11. The minimum absolute atomic E-state index is 0.102. The molecule has 2 rings (SSSR count). The number of nitrogens with zero attached hydrogens (tertiary/aromatic N) is 1. The number of carbonyl (C=O) groups is 1. The maximum absolute atomic E-state index is 12.2. The van der Waals surface area contributed by atoms with Crippen LogP contribution >= 0.6 is 0 Å². The van der Waals surface area contributed by atoms with Gasteiger partial charge in [-0.05, 0) is 24.3 Å². The van der Waals surface area contributed by atoms with E-state index in [-0.39, 0.29) is 17.1 Å². The van der Waals surface area contributed by atoms with Gasteiger partial charge in [-0.15, -0.1) is 0 Å². The summed E-state index contributed by atoms with van der Waals surface area (Å²) >= 11 is 0. The first-order valence-corrected chi connectivity index (χ1v) is 7.11. The minimum atomic E-state index is -0.592. The maximum Gasteiger partial charge on any atom is 0.323 e. The second-order valence-electron chi connectivity index (χ2n) is 4.79. The largest absolute Gasteiger partial charge is 0.497 e. The summed E-state index contributed by atoms with van der Waals surface area (Å²) in [5.41, 5.74) is 0.383. The van der Waals surface area contributed by atoms with Crippen molar-refractivity contribution >= 4 is 23.1 Å². The average Bonchev–Trinajstić information content (AvgIpc) is 2.61. The van der Waals surface area contributed by atoms with Crippen LogP contribution in [0, 0.1) is 10.1 Å². The Hall–Kier alpha value is -3.49. The number of urea groups is 1. The number of rotatable bonds is 6. The van der Waals surface area contributed by atoms with Crippen LogP contribution in [0.1, 0.15) is 0 Å². The van der Waals surface area contributed by atoms with Gasteiger partial charge in [-0.3, -0.25) is 10.1 Å². The van der Waals surface area contributed by atoms with Crippen molar-refractivity contribution in [3.63, 3.8) is 0 Å². The molecule has 0 spiro atoms. The lowest BCUT2D eigenvalue weighted by atomic mass is 10.2. The van der Waals surface area contributed by atoms with E-state index in [1.54, 1.807) is 18.2 Å². The van der Waals surface area contributed by atoms with E-state index in [1.807, 2.05) is 0 Å². The van der Waals surface area contributed by atoms with E-state index in [2.05, 4.69) is 10.6 Å². The molecule has 0 aliphatic rings. The molecule has 0 aliphatic heterocycles. The van der Waals surface area contributed by atoms with Crippen molar-refractivity contribution in [2.24, 2.45) is 0 Å². The van der Waals surface area contributed by atoms with Crippen LogP contribution in [0.15, 0.2) is 36.4 Å². The summed E-state index contributed by atoms with van der Waals surface area (Å²) in [6.07, 6.45) is 0. The molecule has 9 nitrogen and oxygen atoms in total. The van der Waals surface area contributed by atoms with Crippen LogP contribution in [0.3, 0.4) is 0 Å². The zero-order valence-electron chi connectivity index (χ0n) is 13.9. The third-order valence-corrected chi connectivity index (χ3v) is 3.29. The predicted molar refractivity (Wildman–Crippen MR) is 91.8 cm³/mol. The number of nitrogens with one attached hydrogen (secondary N) is 2. The Bertz CT molecular complexity index is 793. The first kappa shape index (κ1) is 17.9. The van der Waals surface area contributed by atoms with Gasteiger partial charge in [-0.1, -0.05) is 0 Å². The molecule has 9 heteroatoms. The molecular weight excluding hydrogens is 330 g/mol. The fraction of sp³-hybridized carbons (Fsp3) is 0.188. The van der Waals surface area contributed by atoms with Crippen LogP contribution in [0.5, 0.6) is 17.2 Å². The highest BCUT2D eigenvalue weighted by Crippen LogP contribution is 2.31. The molecular formula is C16H17N3O6. The van der Waals surface area contributed by atoms with Crippen LogP contribution in [-0.4, -0.2) is 32.3 Å². The summed E-state index contributed by atoms with van der Waals surface area (Å²) in [6, 6.07) is 8.44. The van der Waals surface area contributed by atoms with Gasteiger partial charge in [-0.2, -0.15) is 0 Å². The lowest BCUT2D eigenvalue weighted by Crippen LogP contribution is -2.20. The Morgan fingerprint density at radius 2 is 1.64 bits per heavy atom. The van der Waals surface area contributed by atoms with Crippen molar-refractivity contribution in [3.8, 4) is 17.2 Å². The molecule has 2 aromatic rings. The molecule has 0 aliphatic carbocycles. The summed E-state index contributed by atoms with van der Waals surface area (Å²) in [4.78, 5) is 22.6. The normalized spacial score (nSPS) is 9.88. The molecule has 0 fully saturated rings. The molecule has 0 saturated carbocycles. The van der Waals surface area contributed by atoms with Crippen molar-refractivity contribution in [3.05, 3.63) is 46.5 Å². The molecule has 132 valence electrons. The van der Waals surface area contributed by atoms with Crippen LogP contribution < -0.4 is 24.8 Å². The van der Waals surface area contributed by atoms with Gasteiger partial charge in [0.25, 0.3) is 0 Å². The topological polar surface area (TPSA) is 112 Å². The molecule has 0 atom stereocenters. The fourth-order valence-electron chi connectivity index (χ4n) is 2.11. The van der Waals surface area contributed by atoms with E-state index in [1.165, 1.54) is 39.5 Å². The highest BCUT2D eigenvalue weighted by Gasteiger charge is 2.16. The molecule has 0 saturated heterocycles. The van der Waals surface area contributed by atoms with Crippen molar-refractivity contribution in [2.45, 2.75) is 0 Å². The highest BCUT2D eigenvalue weighted by atomic mass is 16.6. The average molecular weight is 347 g/mol. The van der Waals surface area contributed by atoms with E-state index in [0.29, 0.717) is 17.2 Å². The summed E-state index contributed by atoms with van der Waals surface area (Å²) in [7, 11) is 4.30. The van der Waals surface area contributed by atoms with Gasteiger partial charge in [0.2, 0.25) is 0 Å². The number of anilines is 2. The number of nitro benzene ring substituents is 1. The van der Waals surface area contributed by atoms with Gasteiger partial charge in [0.1, 0.15) is 11.5 Å². The summed E-state index contributed by atoms with van der Waals surface area (Å²) in [5, 5.41) is 16.2. The van der Waals surface area contributed by atoms with Crippen LogP contribution in [-0.2, 0) is 0 Å². The van der Waals surface area contributed by atoms with Crippen molar-refractivity contribution in [2.75, 3.05) is 32.0 Å². The SMILES string of the molecule is COc1ccc(OC)c(NC(=O)Nc2ccc(OC)c([N+](=O)[O-])c2)c1. The van der Waals surface area contributed by atoms with Gasteiger partial charge >= 0.3 is 11.7 Å². The molecule has 0 radical (unpaired) electrons. The van der Waals surface area contributed by atoms with Gasteiger partial charge in [0.15, 0.2) is 5.75 Å². The van der Waals surface area contributed by atoms with Crippen LogP contribution in [0.4, 0.5) is 21.9 Å². The smallest absolute Gasteiger partial charge is 0.323 e. The van der Waals surface area contributed by atoms with E-state index >= 15 is 0 Å². The molecule has 0 heterocycles. The second-order valence-corrected chi connectivity index (χ2v) is 4.79. The minimum Gasteiger partial charge on any atom is -0.497 e. The molecule has 2 amide bonds. The number of hydrogen-bond donors (Lipinski definition) is 2. The highest BCUT2D eigenvalue weighted by molar-refractivity contribution is 6.01. The van der Waals surface area contributed by atoms with Crippen molar-refractivity contribution in [1.29, 1.82) is 0 Å². The van der Waals surface area contributed by atoms with Gasteiger partial charge in [-0.25, -0.2) is 4.79 Å². The number of amides is 2. The quantitative estimate of drug-likeness (QED) is 0.613. The molecule has 2 aromatic carbocycles. The maximum atomic E-state index is 12.2. The summed E-state index contributed by atoms with van der Waals surface area (Å²) in [6.45, 7) is 0. The Morgan fingerprint density at radius 3 is 2.24 bits per heavy atom. The van der Waals surface area contributed by atoms with Gasteiger partial charge in [0.05, 0.1) is 31.9 Å². The number of carbonyl (C=O) groups excluding carboxylic acids is 1. The molecule has 25 heavy (non-hydrogen) atoms. The third-order valence-electron chi connectivity index (χ3n) is 3.29. The lowest BCUT2D eigenvalue weighted by molar-refractivity contribution is -0.385. The molecule has 0 aromatic heterocycles. The molecule has 2 N–H and O–H groups in total. The van der Waals surface area contributed by atoms with Gasteiger partial charge < -0.3 is 24.8 Å². The first-order chi connectivity index (χ1) is 12.0. The zero-order chi connectivity index (χ0) is 18.4. The Labute approximate surface area is 143 Å². The van der Waals surface area contributed by atoms with Crippen molar-refractivity contribution in [1.82, 2.24) is 0 Å². The van der Waals surface area contributed by atoms with E-state index in [4.69, 9.17) is 14.2 Å². The Morgan fingerprint density at radius 1 is 0.960 bits per heavy atom. The first-order valence-electron chi connectivity index (χ1n) is 7.11. The van der Waals surface area contributed by atoms with E-state index in [9.17, 15) is 14.9 Å². The number of hydrogen-bond acceptors (Lipinski definition) is 6. The second kappa shape index (κ2) is 7.86.